The van der Waals surface area contributed by atoms with Gasteiger partial charge in [-0.15, -0.1) is 0 Å². The van der Waals surface area contributed by atoms with Gasteiger partial charge in [-0.3, -0.25) is 14.7 Å². The molecule has 25 heavy (non-hydrogen) atoms. The molecular formula is C18H18F3N3O. The lowest BCUT2D eigenvalue weighted by atomic mass is 10.1. The number of rotatable bonds is 4. The average molecular weight is 349 g/mol. The van der Waals surface area contributed by atoms with Crippen LogP contribution in [-0.2, 0) is 6.18 Å². The summed E-state index contributed by atoms with van der Waals surface area (Å²) in [4.78, 5) is 20.0. The number of anilines is 1. The maximum absolute atomic E-state index is 12.8. The number of Topliss-reactive ketones (excluding diaryl/α,β-unsaturated/α-hetero) is 1. The highest BCUT2D eigenvalue weighted by Crippen LogP contribution is 2.31. The first-order valence-corrected chi connectivity index (χ1v) is 8.01. The van der Waals surface area contributed by atoms with E-state index >= 15 is 0 Å². The fourth-order valence-corrected chi connectivity index (χ4v) is 2.88. The zero-order chi connectivity index (χ0) is 17.9. The van der Waals surface area contributed by atoms with Crippen molar-refractivity contribution in [3.8, 4) is 0 Å². The van der Waals surface area contributed by atoms with E-state index in [0.717, 1.165) is 6.07 Å². The van der Waals surface area contributed by atoms with Crippen LogP contribution in [0.4, 0.5) is 18.9 Å². The largest absolute Gasteiger partial charge is 0.416 e. The predicted molar refractivity (Wildman–Crippen MR) is 88.7 cm³/mol. The Morgan fingerprint density at radius 1 is 1.04 bits per heavy atom. The van der Waals surface area contributed by atoms with E-state index < -0.39 is 11.7 Å². The van der Waals surface area contributed by atoms with E-state index in [1.54, 1.807) is 30.6 Å². The minimum atomic E-state index is -4.34. The first-order chi connectivity index (χ1) is 11.9. The van der Waals surface area contributed by atoms with Gasteiger partial charge >= 0.3 is 6.18 Å². The Morgan fingerprint density at radius 2 is 1.72 bits per heavy atom. The monoisotopic (exact) mass is 349 g/mol. The average Bonchev–Trinajstić information content (AvgIpc) is 2.62. The van der Waals surface area contributed by atoms with Gasteiger partial charge in [-0.25, -0.2) is 0 Å². The van der Waals surface area contributed by atoms with Crippen LogP contribution in [0.3, 0.4) is 0 Å². The van der Waals surface area contributed by atoms with Gasteiger partial charge < -0.3 is 4.90 Å². The van der Waals surface area contributed by atoms with Crippen molar-refractivity contribution < 1.29 is 18.0 Å². The summed E-state index contributed by atoms with van der Waals surface area (Å²) in [5, 5.41) is 0. The van der Waals surface area contributed by atoms with Crippen molar-refractivity contribution in [2.24, 2.45) is 0 Å². The lowest BCUT2D eigenvalue weighted by molar-refractivity contribution is -0.137. The normalized spacial score (nSPS) is 16.0. The molecular weight excluding hydrogens is 331 g/mol. The van der Waals surface area contributed by atoms with Crippen LogP contribution in [0.25, 0.3) is 0 Å². The summed E-state index contributed by atoms with van der Waals surface area (Å²) >= 11 is 0. The first kappa shape index (κ1) is 17.4. The number of carbonyl (C=O) groups excluding carboxylic acids is 1. The summed E-state index contributed by atoms with van der Waals surface area (Å²) < 4.78 is 38.5. The lowest BCUT2D eigenvalue weighted by Gasteiger charge is -2.36. The van der Waals surface area contributed by atoms with Crippen LogP contribution in [-0.4, -0.2) is 48.4 Å². The number of ketones is 1. The topological polar surface area (TPSA) is 36.4 Å². The molecule has 1 aliphatic rings. The summed E-state index contributed by atoms with van der Waals surface area (Å²) in [6.45, 7) is 2.75. The standard InChI is InChI=1S/C18H18F3N3O/c19-18(20,21)15-2-1-3-16(12-15)24-10-8-23(9-11-24)13-17(25)14-4-6-22-7-5-14/h1-7,12H,8-11,13H2. The third-order valence-corrected chi connectivity index (χ3v) is 4.28. The minimum Gasteiger partial charge on any atom is -0.369 e. The van der Waals surface area contributed by atoms with Gasteiger partial charge in [-0.05, 0) is 30.3 Å². The molecule has 0 amide bonds. The summed E-state index contributed by atoms with van der Waals surface area (Å²) in [5.74, 6) is 0.0231. The van der Waals surface area contributed by atoms with Crippen molar-refractivity contribution in [1.82, 2.24) is 9.88 Å². The Kier molecular flexibility index (Phi) is 5.03. The zero-order valence-electron chi connectivity index (χ0n) is 13.5. The maximum Gasteiger partial charge on any atom is 0.416 e. The van der Waals surface area contributed by atoms with Crippen molar-refractivity contribution >= 4 is 11.5 Å². The minimum absolute atomic E-state index is 0.0231. The highest BCUT2D eigenvalue weighted by atomic mass is 19.4. The van der Waals surface area contributed by atoms with Crippen molar-refractivity contribution in [2.75, 3.05) is 37.6 Å². The molecule has 1 aromatic heterocycles. The second-order valence-electron chi connectivity index (χ2n) is 5.97. The van der Waals surface area contributed by atoms with E-state index in [4.69, 9.17) is 0 Å². The molecule has 3 rings (SSSR count). The number of halogens is 3. The molecule has 1 aliphatic heterocycles. The second kappa shape index (κ2) is 7.23. The number of nitrogens with zero attached hydrogens (tertiary/aromatic N) is 3. The third kappa shape index (κ3) is 4.36. The quantitative estimate of drug-likeness (QED) is 0.795. The van der Waals surface area contributed by atoms with Crippen LogP contribution in [0, 0.1) is 0 Å². The SMILES string of the molecule is O=C(CN1CCN(c2cccc(C(F)(F)F)c2)CC1)c1ccncc1. The van der Waals surface area contributed by atoms with E-state index in [0.29, 0.717) is 44.0 Å². The fraction of sp³-hybridized carbons (Fsp3) is 0.333. The molecule has 0 aliphatic carbocycles. The zero-order valence-corrected chi connectivity index (χ0v) is 13.5. The van der Waals surface area contributed by atoms with Gasteiger partial charge in [0.2, 0.25) is 0 Å². The van der Waals surface area contributed by atoms with Crippen LogP contribution in [0.2, 0.25) is 0 Å². The highest BCUT2D eigenvalue weighted by Gasteiger charge is 2.31. The van der Waals surface area contributed by atoms with Crippen LogP contribution in [0.5, 0.6) is 0 Å². The molecule has 0 bridgehead atoms. The molecule has 1 aromatic carbocycles. The molecule has 0 radical (unpaired) electrons. The van der Waals surface area contributed by atoms with Gasteiger partial charge in [0.15, 0.2) is 5.78 Å². The Hall–Kier alpha value is -2.41. The Labute approximate surface area is 143 Å². The highest BCUT2D eigenvalue weighted by molar-refractivity contribution is 5.97. The smallest absolute Gasteiger partial charge is 0.369 e. The number of hydrogen-bond acceptors (Lipinski definition) is 4. The van der Waals surface area contributed by atoms with Gasteiger partial charge in [-0.1, -0.05) is 6.07 Å². The summed E-state index contributed by atoms with van der Waals surface area (Å²) in [7, 11) is 0. The molecule has 0 atom stereocenters. The molecule has 0 saturated carbocycles. The van der Waals surface area contributed by atoms with E-state index in [-0.39, 0.29) is 5.78 Å². The van der Waals surface area contributed by atoms with E-state index in [1.807, 2.05) is 9.80 Å². The Bertz CT molecular complexity index is 726. The van der Waals surface area contributed by atoms with Gasteiger partial charge in [-0.2, -0.15) is 13.2 Å². The molecule has 2 aromatic rings. The maximum atomic E-state index is 12.8. The number of benzene rings is 1. The van der Waals surface area contributed by atoms with Crippen molar-refractivity contribution in [1.29, 1.82) is 0 Å². The number of piperazine rings is 1. The number of carbonyl (C=O) groups is 1. The number of aromatic nitrogens is 1. The summed E-state index contributed by atoms with van der Waals surface area (Å²) in [5.41, 5.74) is 0.547. The Balaban J connectivity index is 1.58. The summed E-state index contributed by atoms with van der Waals surface area (Å²) in [6.07, 6.45) is -1.17. The van der Waals surface area contributed by atoms with Gasteiger partial charge in [0.05, 0.1) is 12.1 Å². The van der Waals surface area contributed by atoms with Crippen LogP contribution < -0.4 is 4.90 Å². The van der Waals surface area contributed by atoms with Crippen LogP contribution in [0.1, 0.15) is 15.9 Å². The molecule has 0 unspecified atom stereocenters. The molecule has 0 N–H and O–H groups in total. The second-order valence-corrected chi connectivity index (χ2v) is 5.97. The van der Waals surface area contributed by atoms with Crippen LogP contribution >= 0.6 is 0 Å². The van der Waals surface area contributed by atoms with E-state index in [1.165, 1.54) is 12.1 Å². The van der Waals surface area contributed by atoms with Gasteiger partial charge in [0.25, 0.3) is 0 Å². The Morgan fingerprint density at radius 3 is 2.36 bits per heavy atom. The molecule has 0 spiro atoms. The molecule has 2 heterocycles. The molecule has 4 nitrogen and oxygen atoms in total. The first-order valence-electron chi connectivity index (χ1n) is 8.01. The van der Waals surface area contributed by atoms with Crippen molar-refractivity contribution in [2.45, 2.75) is 6.18 Å². The third-order valence-electron chi connectivity index (χ3n) is 4.28. The fourth-order valence-electron chi connectivity index (χ4n) is 2.88. The van der Waals surface area contributed by atoms with Crippen LogP contribution in [0.15, 0.2) is 48.8 Å². The van der Waals surface area contributed by atoms with Crippen molar-refractivity contribution in [3.63, 3.8) is 0 Å². The van der Waals surface area contributed by atoms with Gasteiger partial charge in [0, 0.05) is 49.8 Å². The number of hydrogen-bond donors (Lipinski definition) is 0. The molecule has 7 heteroatoms. The number of pyridine rings is 1. The molecule has 1 fully saturated rings. The van der Waals surface area contributed by atoms with Gasteiger partial charge in [0.1, 0.15) is 0 Å². The summed E-state index contributed by atoms with van der Waals surface area (Å²) in [6, 6.07) is 8.73. The number of alkyl halides is 3. The molecule has 132 valence electrons. The lowest BCUT2D eigenvalue weighted by Crippen LogP contribution is -2.48. The molecule has 1 saturated heterocycles. The van der Waals surface area contributed by atoms with E-state index in [9.17, 15) is 18.0 Å². The predicted octanol–water partition coefficient (Wildman–Crippen LogP) is 3.11. The van der Waals surface area contributed by atoms with E-state index in [2.05, 4.69) is 4.98 Å². The van der Waals surface area contributed by atoms with Crippen molar-refractivity contribution in [3.05, 3.63) is 59.9 Å².